The Labute approximate surface area is 176 Å². The molecule has 0 unspecified atom stereocenters. The van der Waals surface area contributed by atoms with Crippen molar-refractivity contribution in [1.29, 1.82) is 0 Å². The summed E-state index contributed by atoms with van der Waals surface area (Å²) in [5.41, 5.74) is 0. The molecular formula is C18H38O3Ti2. The second-order valence-electron chi connectivity index (χ2n) is 5.24. The molecule has 0 aliphatic rings. The van der Waals surface area contributed by atoms with Crippen LogP contribution in [-0.4, -0.2) is 0 Å². The predicted octanol–water partition coefficient (Wildman–Crippen LogP) is 6.78. The third-order valence-corrected chi connectivity index (χ3v) is 3.21. The van der Waals surface area contributed by atoms with Gasteiger partial charge in [0.1, 0.15) is 0 Å². The van der Waals surface area contributed by atoms with E-state index in [-0.39, 0.29) is 59.9 Å². The Morgan fingerprint density at radius 3 is 0.870 bits per heavy atom. The summed E-state index contributed by atoms with van der Waals surface area (Å²) in [4.78, 5) is 0. The van der Waals surface area contributed by atoms with Crippen molar-refractivity contribution in [2.75, 3.05) is 0 Å². The van der Waals surface area contributed by atoms with Crippen molar-refractivity contribution in [3.63, 3.8) is 0 Å². The van der Waals surface area contributed by atoms with Crippen LogP contribution in [0.1, 0.15) is 104 Å². The van der Waals surface area contributed by atoms with E-state index in [1.54, 1.807) is 0 Å². The maximum atomic E-state index is 3.80. The summed E-state index contributed by atoms with van der Waals surface area (Å²) in [6.07, 6.45) is 18.9. The molecule has 0 aliphatic carbocycles. The second-order valence-corrected chi connectivity index (χ2v) is 5.24. The molecule has 0 amide bonds. The summed E-state index contributed by atoms with van der Waals surface area (Å²) in [6.45, 7) is 12.1. The third kappa shape index (κ3) is 59.8. The van der Waals surface area contributed by atoms with E-state index in [4.69, 9.17) is 0 Å². The van der Waals surface area contributed by atoms with Crippen molar-refractivity contribution in [2.24, 2.45) is 0 Å². The second kappa shape index (κ2) is 49.5. The van der Waals surface area contributed by atoms with Crippen molar-refractivity contribution >= 4 is 0 Å². The van der Waals surface area contributed by atoms with Crippen molar-refractivity contribution in [3.05, 3.63) is 13.8 Å². The summed E-state index contributed by atoms with van der Waals surface area (Å²) in [6, 6.07) is 0. The molecule has 0 aliphatic heterocycles. The molecule has 0 radical (unpaired) electrons. The molecule has 3 nitrogen and oxygen atoms in total. The van der Waals surface area contributed by atoms with E-state index < -0.39 is 0 Å². The Hall–Kier alpha value is 1.31. The molecule has 0 rings (SSSR count). The van der Waals surface area contributed by atoms with Gasteiger partial charge in [-0.1, -0.05) is 90.9 Å². The maximum Gasteiger partial charge on any atom is 4.00 e. The molecule has 5 heteroatoms. The smallest absolute Gasteiger partial charge is 2.00 e. The minimum atomic E-state index is 0. The fraction of sp³-hybridized carbons (Fsp3) is 0.889. The van der Waals surface area contributed by atoms with Crippen molar-refractivity contribution in [2.45, 2.75) is 104 Å². The van der Waals surface area contributed by atoms with Crippen LogP contribution in [0.2, 0.25) is 0 Å². The average Bonchev–Trinajstić information content (AvgIpc) is 2.39. The van der Waals surface area contributed by atoms with E-state index in [0.29, 0.717) is 0 Å². The Morgan fingerprint density at radius 1 is 0.435 bits per heavy atom. The van der Waals surface area contributed by atoms with Crippen LogP contribution >= 0.6 is 0 Å². The van der Waals surface area contributed by atoms with E-state index in [0.717, 1.165) is 12.8 Å². The van der Waals surface area contributed by atoms with E-state index >= 15 is 0 Å². The molecule has 0 aromatic carbocycles. The molecule has 0 atom stereocenters. The third-order valence-electron chi connectivity index (χ3n) is 3.21. The predicted molar refractivity (Wildman–Crippen MR) is 88.8 cm³/mol. The van der Waals surface area contributed by atoms with Crippen molar-refractivity contribution < 1.29 is 59.9 Å². The van der Waals surface area contributed by atoms with Gasteiger partial charge in [-0.25, -0.2) is 0 Å². The number of hydrogen-bond acceptors (Lipinski definition) is 0. The van der Waals surface area contributed by atoms with Gasteiger partial charge in [0.05, 0.1) is 0 Å². The molecule has 0 aromatic heterocycles. The van der Waals surface area contributed by atoms with Crippen LogP contribution in [0.5, 0.6) is 0 Å². The fourth-order valence-corrected chi connectivity index (χ4v) is 1.91. The first-order valence-corrected chi connectivity index (χ1v) is 8.41. The zero-order valence-corrected chi connectivity index (χ0v) is 18.7. The zero-order chi connectivity index (χ0) is 13.9. The van der Waals surface area contributed by atoms with Crippen LogP contribution in [0.4, 0.5) is 0 Å². The van der Waals surface area contributed by atoms with Gasteiger partial charge in [0, 0.05) is 0 Å². The average molecular weight is 398 g/mol. The fourth-order valence-electron chi connectivity index (χ4n) is 1.91. The van der Waals surface area contributed by atoms with Gasteiger partial charge in [-0.2, -0.15) is 12.8 Å². The van der Waals surface area contributed by atoms with Gasteiger partial charge >= 0.3 is 43.4 Å². The van der Waals surface area contributed by atoms with Gasteiger partial charge in [-0.3, -0.25) is 0 Å². The van der Waals surface area contributed by atoms with Crippen LogP contribution in [0, 0.1) is 13.8 Å². The Bertz CT molecular complexity index is 103. The maximum absolute atomic E-state index is 3.80. The Morgan fingerprint density at radius 2 is 0.652 bits per heavy atom. The van der Waals surface area contributed by atoms with Crippen molar-refractivity contribution in [3.8, 4) is 0 Å². The van der Waals surface area contributed by atoms with E-state index in [1.165, 1.54) is 77.0 Å². The first-order chi connectivity index (χ1) is 8.83. The van der Waals surface area contributed by atoms with Crippen LogP contribution in [0.15, 0.2) is 0 Å². The topological polar surface area (TPSA) is 85.5 Å². The van der Waals surface area contributed by atoms with Crippen LogP contribution in [-0.2, 0) is 59.9 Å². The molecule has 0 fully saturated rings. The molecule has 0 spiro atoms. The minimum Gasteiger partial charge on any atom is -2.00 e. The largest absolute Gasteiger partial charge is 4.00 e. The van der Waals surface area contributed by atoms with Gasteiger partial charge in [-0.15, -0.1) is 0 Å². The Balaban J connectivity index is -0.0000000366. The SMILES string of the molecule is [CH2-]CCCCCCCC.[CH2-]CCCCCCCC.[O-2].[O-2].[O-2].[Ti+4].[Ti+4]. The van der Waals surface area contributed by atoms with Gasteiger partial charge in [0.25, 0.3) is 0 Å². The molecule has 0 heterocycles. The quantitative estimate of drug-likeness (QED) is 0.197. The monoisotopic (exact) mass is 398 g/mol. The standard InChI is InChI=1S/2C9H19.3O.2Ti/c2*1-3-5-7-9-8-6-4-2;;;;;/h2*1,3-9H2,2H3;;;;;/q2*-1;3*-2;2*+4. The molecule has 0 bridgehead atoms. The molecule has 136 valence electrons. The summed E-state index contributed by atoms with van der Waals surface area (Å²) in [5.74, 6) is 0. The molecule has 0 saturated heterocycles. The van der Waals surface area contributed by atoms with E-state index in [1.807, 2.05) is 0 Å². The molecule has 23 heavy (non-hydrogen) atoms. The van der Waals surface area contributed by atoms with E-state index in [9.17, 15) is 0 Å². The van der Waals surface area contributed by atoms with Gasteiger partial charge < -0.3 is 30.3 Å². The zero-order valence-electron chi connectivity index (χ0n) is 15.5. The number of hydrogen-bond donors (Lipinski definition) is 0. The summed E-state index contributed by atoms with van der Waals surface area (Å²) >= 11 is 0. The summed E-state index contributed by atoms with van der Waals surface area (Å²) in [7, 11) is 0. The first-order valence-electron chi connectivity index (χ1n) is 8.41. The van der Waals surface area contributed by atoms with Gasteiger partial charge in [0.15, 0.2) is 0 Å². The Kier molecular flexibility index (Phi) is 94.9. The van der Waals surface area contributed by atoms with Gasteiger partial charge in [-0.05, 0) is 0 Å². The van der Waals surface area contributed by atoms with Crippen molar-refractivity contribution in [1.82, 2.24) is 0 Å². The van der Waals surface area contributed by atoms with Crippen LogP contribution < -0.4 is 0 Å². The summed E-state index contributed by atoms with van der Waals surface area (Å²) in [5, 5.41) is 0. The molecule has 0 saturated carbocycles. The van der Waals surface area contributed by atoms with Gasteiger partial charge in [0.2, 0.25) is 0 Å². The normalized spacial score (nSPS) is 7.83. The molecule has 0 aromatic rings. The number of rotatable bonds is 12. The van der Waals surface area contributed by atoms with Crippen LogP contribution in [0.25, 0.3) is 0 Å². The first kappa shape index (κ1) is 44.1. The minimum absolute atomic E-state index is 0. The molecular weight excluding hydrogens is 360 g/mol. The van der Waals surface area contributed by atoms with E-state index in [2.05, 4.69) is 27.7 Å². The summed E-state index contributed by atoms with van der Waals surface area (Å²) < 4.78 is 0. The van der Waals surface area contributed by atoms with Crippen LogP contribution in [0.3, 0.4) is 0 Å². The number of unbranched alkanes of at least 4 members (excludes halogenated alkanes) is 12. The molecule has 0 N–H and O–H groups in total.